The van der Waals surface area contributed by atoms with E-state index in [-0.39, 0.29) is 5.91 Å². The highest BCUT2D eigenvalue weighted by molar-refractivity contribution is 14.1. The van der Waals surface area contributed by atoms with E-state index >= 15 is 0 Å². The third kappa shape index (κ3) is 2.57. The predicted molar refractivity (Wildman–Crippen MR) is 90.9 cm³/mol. The van der Waals surface area contributed by atoms with Gasteiger partial charge in [-0.1, -0.05) is 12.1 Å². The highest BCUT2D eigenvalue weighted by Gasteiger charge is 2.12. The normalized spacial score (nSPS) is 10.7. The smallest absolute Gasteiger partial charge is 0.256 e. The monoisotopic (exact) mass is 441 g/mol. The molecule has 2 aromatic carbocycles. The molecule has 3 rings (SSSR count). The van der Waals surface area contributed by atoms with Gasteiger partial charge in [0.25, 0.3) is 5.91 Å². The standard InChI is InChI=1S/C14H9BrIN3O/c15-11-5-4-9(16)6-10(11)14(20)18-12-3-1-2-8-7-17-19-13(8)12/h1-7H,(H,17,19)(H,18,20). The van der Waals surface area contributed by atoms with Crippen molar-refractivity contribution < 1.29 is 4.79 Å². The third-order valence-electron chi connectivity index (χ3n) is 2.90. The summed E-state index contributed by atoms with van der Waals surface area (Å²) in [6.45, 7) is 0. The van der Waals surface area contributed by atoms with Crippen LogP contribution in [0.1, 0.15) is 10.4 Å². The molecule has 1 aromatic heterocycles. The second kappa shape index (κ2) is 5.53. The van der Waals surface area contributed by atoms with Gasteiger partial charge in [-0.05, 0) is 62.8 Å². The van der Waals surface area contributed by atoms with E-state index in [1.54, 1.807) is 6.20 Å². The summed E-state index contributed by atoms with van der Waals surface area (Å²) in [4.78, 5) is 12.4. The zero-order valence-corrected chi connectivity index (χ0v) is 13.9. The Kier molecular flexibility index (Phi) is 3.75. The lowest BCUT2D eigenvalue weighted by Gasteiger charge is -2.08. The minimum absolute atomic E-state index is 0.155. The van der Waals surface area contributed by atoms with E-state index in [2.05, 4.69) is 54.0 Å². The molecular formula is C14H9BrIN3O. The number of aromatic nitrogens is 2. The Bertz CT molecular complexity index is 800. The first-order valence-electron chi connectivity index (χ1n) is 5.83. The first-order chi connectivity index (χ1) is 9.65. The molecular weight excluding hydrogens is 433 g/mol. The number of H-pyrrole nitrogens is 1. The molecule has 4 nitrogen and oxygen atoms in total. The number of aromatic amines is 1. The predicted octanol–water partition coefficient (Wildman–Crippen LogP) is 4.18. The summed E-state index contributed by atoms with van der Waals surface area (Å²) in [6, 6.07) is 11.3. The van der Waals surface area contributed by atoms with Gasteiger partial charge in [-0.15, -0.1) is 0 Å². The topological polar surface area (TPSA) is 57.8 Å². The number of hydrogen-bond acceptors (Lipinski definition) is 2. The van der Waals surface area contributed by atoms with Crippen LogP contribution in [-0.2, 0) is 0 Å². The summed E-state index contributed by atoms with van der Waals surface area (Å²) in [5.41, 5.74) is 2.15. The van der Waals surface area contributed by atoms with Gasteiger partial charge in [0.05, 0.1) is 23.0 Å². The van der Waals surface area contributed by atoms with Crippen molar-refractivity contribution in [1.29, 1.82) is 0 Å². The van der Waals surface area contributed by atoms with Crippen LogP contribution >= 0.6 is 38.5 Å². The van der Waals surface area contributed by atoms with Crippen molar-refractivity contribution in [3.05, 3.63) is 56.2 Å². The van der Waals surface area contributed by atoms with Crippen LogP contribution in [0.25, 0.3) is 10.9 Å². The number of carbonyl (C=O) groups excluding carboxylic acids is 1. The van der Waals surface area contributed by atoms with E-state index in [4.69, 9.17) is 0 Å². The van der Waals surface area contributed by atoms with E-state index in [1.807, 2.05) is 36.4 Å². The number of halogens is 2. The second-order valence-corrected chi connectivity index (χ2v) is 6.32. The van der Waals surface area contributed by atoms with Crippen LogP contribution in [0.3, 0.4) is 0 Å². The number of fused-ring (bicyclic) bond motifs is 1. The fourth-order valence-corrected chi connectivity index (χ4v) is 2.85. The Morgan fingerprint density at radius 1 is 1.30 bits per heavy atom. The number of carbonyl (C=O) groups is 1. The first kappa shape index (κ1) is 13.6. The summed E-state index contributed by atoms with van der Waals surface area (Å²) in [5.74, 6) is -0.155. The highest BCUT2D eigenvalue weighted by atomic mass is 127. The molecule has 0 atom stereocenters. The number of hydrogen-bond donors (Lipinski definition) is 2. The van der Waals surface area contributed by atoms with Crippen LogP contribution in [0, 0.1) is 3.57 Å². The summed E-state index contributed by atoms with van der Waals surface area (Å²) in [6.07, 6.45) is 1.73. The first-order valence-corrected chi connectivity index (χ1v) is 7.71. The fourth-order valence-electron chi connectivity index (χ4n) is 1.93. The van der Waals surface area contributed by atoms with Gasteiger partial charge in [0, 0.05) is 13.4 Å². The zero-order valence-electron chi connectivity index (χ0n) is 10.2. The van der Waals surface area contributed by atoms with E-state index < -0.39 is 0 Å². The van der Waals surface area contributed by atoms with Gasteiger partial charge in [-0.2, -0.15) is 5.10 Å². The van der Waals surface area contributed by atoms with Crippen LogP contribution in [0.4, 0.5) is 5.69 Å². The molecule has 0 unspecified atom stereocenters. The Hall–Kier alpha value is -1.41. The van der Waals surface area contributed by atoms with E-state index in [0.717, 1.165) is 24.6 Å². The SMILES string of the molecule is O=C(Nc1cccc2cn[nH]c12)c1cc(I)ccc1Br. The van der Waals surface area contributed by atoms with Gasteiger partial charge >= 0.3 is 0 Å². The lowest BCUT2D eigenvalue weighted by Crippen LogP contribution is -2.13. The molecule has 0 saturated heterocycles. The number of rotatable bonds is 2. The van der Waals surface area contributed by atoms with Crippen molar-refractivity contribution in [3.8, 4) is 0 Å². The zero-order chi connectivity index (χ0) is 14.1. The Morgan fingerprint density at radius 3 is 3.00 bits per heavy atom. The molecule has 20 heavy (non-hydrogen) atoms. The third-order valence-corrected chi connectivity index (χ3v) is 4.26. The number of nitrogens with zero attached hydrogens (tertiary/aromatic N) is 1. The van der Waals surface area contributed by atoms with Crippen LogP contribution in [0.2, 0.25) is 0 Å². The summed E-state index contributed by atoms with van der Waals surface area (Å²) >= 11 is 5.59. The minimum Gasteiger partial charge on any atom is -0.320 e. The molecule has 6 heteroatoms. The lowest BCUT2D eigenvalue weighted by atomic mass is 10.2. The van der Waals surface area contributed by atoms with Gasteiger partial charge in [0.15, 0.2) is 0 Å². The van der Waals surface area contributed by atoms with E-state index in [1.165, 1.54) is 0 Å². The van der Waals surface area contributed by atoms with E-state index in [9.17, 15) is 4.79 Å². The van der Waals surface area contributed by atoms with Crippen LogP contribution < -0.4 is 5.32 Å². The molecule has 1 heterocycles. The summed E-state index contributed by atoms with van der Waals surface area (Å²) in [5, 5.41) is 10.8. The van der Waals surface area contributed by atoms with Gasteiger partial charge in [0.2, 0.25) is 0 Å². The summed E-state index contributed by atoms with van der Waals surface area (Å²) in [7, 11) is 0. The fraction of sp³-hybridized carbons (Fsp3) is 0. The molecule has 0 radical (unpaired) electrons. The quantitative estimate of drug-likeness (QED) is 0.586. The van der Waals surface area contributed by atoms with Crippen molar-refractivity contribution in [2.45, 2.75) is 0 Å². The molecule has 0 aliphatic heterocycles. The number of nitrogens with one attached hydrogen (secondary N) is 2. The minimum atomic E-state index is -0.155. The maximum Gasteiger partial charge on any atom is 0.256 e. The van der Waals surface area contributed by atoms with Gasteiger partial charge in [0.1, 0.15) is 0 Å². The van der Waals surface area contributed by atoms with Crippen molar-refractivity contribution in [1.82, 2.24) is 10.2 Å². The Balaban J connectivity index is 1.96. The van der Waals surface area contributed by atoms with Crippen LogP contribution in [0.15, 0.2) is 47.1 Å². The van der Waals surface area contributed by atoms with E-state index in [0.29, 0.717) is 5.56 Å². The van der Waals surface area contributed by atoms with Crippen molar-refractivity contribution in [2.24, 2.45) is 0 Å². The molecule has 0 aliphatic carbocycles. The Morgan fingerprint density at radius 2 is 2.15 bits per heavy atom. The molecule has 0 spiro atoms. The molecule has 2 N–H and O–H groups in total. The van der Waals surface area contributed by atoms with Crippen LogP contribution in [-0.4, -0.2) is 16.1 Å². The average Bonchev–Trinajstić information content (AvgIpc) is 2.91. The lowest BCUT2D eigenvalue weighted by molar-refractivity contribution is 0.102. The average molecular weight is 442 g/mol. The molecule has 1 amide bonds. The molecule has 100 valence electrons. The molecule has 0 aliphatic rings. The molecule has 0 fully saturated rings. The maximum atomic E-state index is 12.4. The van der Waals surface area contributed by atoms with Crippen molar-refractivity contribution in [2.75, 3.05) is 5.32 Å². The second-order valence-electron chi connectivity index (χ2n) is 4.22. The summed E-state index contributed by atoms with van der Waals surface area (Å²) < 4.78 is 1.78. The molecule has 0 bridgehead atoms. The number of amides is 1. The van der Waals surface area contributed by atoms with Crippen molar-refractivity contribution >= 4 is 61.0 Å². The molecule has 3 aromatic rings. The van der Waals surface area contributed by atoms with Gasteiger partial charge < -0.3 is 5.32 Å². The molecule has 0 saturated carbocycles. The Labute approximate surface area is 137 Å². The van der Waals surface area contributed by atoms with Crippen molar-refractivity contribution in [3.63, 3.8) is 0 Å². The number of anilines is 1. The van der Waals surface area contributed by atoms with Crippen LogP contribution in [0.5, 0.6) is 0 Å². The maximum absolute atomic E-state index is 12.4. The number of para-hydroxylation sites is 1. The largest absolute Gasteiger partial charge is 0.320 e. The highest BCUT2D eigenvalue weighted by Crippen LogP contribution is 2.24. The van der Waals surface area contributed by atoms with Gasteiger partial charge in [-0.3, -0.25) is 9.89 Å². The van der Waals surface area contributed by atoms with Gasteiger partial charge in [-0.25, -0.2) is 0 Å². The number of benzene rings is 2.